The third-order valence-electron chi connectivity index (χ3n) is 5.94. The van der Waals surface area contributed by atoms with Crippen LogP contribution in [0.25, 0.3) is 0 Å². The van der Waals surface area contributed by atoms with Gasteiger partial charge >= 0.3 is 6.03 Å². The molecule has 3 aromatic carbocycles. The lowest BCUT2D eigenvalue weighted by molar-refractivity contribution is 0.208. The summed E-state index contributed by atoms with van der Waals surface area (Å²) in [6.45, 7) is 6.88. The first-order chi connectivity index (χ1) is 19.2. The average Bonchev–Trinajstić information content (AvgIpc) is 3.00. The number of nitrogens with zero attached hydrogens (tertiary/aromatic N) is 1. The Morgan fingerprint density at radius 2 is 1.31 bits per heavy atom. The number of anilines is 1. The number of hydrogen-bond donors (Lipinski definition) is 3. The fraction of sp³-hybridized carbons (Fsp3) is 0.364. The van der Waals surface area contributed by atoms with Gasteiger partial charge in [0.1, 0.15) is 5.75 Å². The minimum absolute atomic E-state index is 0.00583. The number of rotatable bonds is 3. The fourth-order valence-corrected chi connectivity index (χ4v) is 3.61. The van der Waals surface area contributed by atoms with Gasteiger partial charge in [-0.05, 0) is 101 Å². The average molecular weight is 529 g/mol. The molecule has 0 atom stereocenters. The number of ether oxygens (including phenoxy) is 1. The summed E-state index contributed by atoms with van der Waals surface area (Å²) >= 11 is 0. The molecule has 1 aliphatic rings. The Kier molecular flexibility index (Phi) is 16.3. The Morgan fingerprint density at radius 3 is 1.74 bits per heavy atom. The molecule has 0 bridgehead atoms. The number of carbonyl (C=O) groups excluding carboxylic acids is 1. The molecule has 0 unspecified atom stereocenters. The number of carbonyl (C=O) groups is 1. The van der Waals surface area contributed by atoms with Gasteiger partial charge in [0, 0.05) is 29.9 Å². The summed E-state index contributed by atoms with van der Waals surface area (Å²) < 4.78 is 5.12. The minimum Gasteiger partial charge on any atom is -0.497 e. The van der Waals surface area contributed by atoms with E-state index in [2.05, 4.69) is 34.7 Å². The SMILES string of the molecule is C(#Cc1ccccc1)c1ccccc1.CCNC.COc1ccc(NC(=O)N2CCCCNCCCC2)cc1. The summed E-state index contributed by atoms with van der Waals surface area (Å²) in [4.78, 5) is 14.3. The minimum atomic E-state index is -0.00583. The first-order valence-corrected chi connectivity index (χ1v) is 13.8. The van der Waals surface area contributed by atoms with Crippen molar-refractivity contribution in [2.75, 3.05) is 52.2 Å². The molecule has 2 amide bonds. The van der Waals surface area contributed by atoms with Crippen LogP contribution in [0.15, 0.2) is 84.9 Å². The quantitative estimate of drug-likeness (QED) is 0.365. The summed E-state index contributed by atoms with van der Waals surface area (Å²) in [7, 11) is 3.56. The normalized spacial score (nSPS) is 13.2. The first-order valence-electron chi connectivity index (χ1n) is 13.8. The van der Waals surface area contributed by atoms with Gasteiger partial charge in [-0.3, -0.25) is 0 Å². The first kappa shape index (κ1) is 31.4. The van der Waals surface area contributed by atoms with Crippen LogP contribution in [0, 0.1) is 11.8 Å². The smallest absolute Gasteiger partial charge is 0.321 e. The van der Waals surface area contributed by atoms with Crippen LogP contribution in [-0.2, 0) is 0 Å². The van der Waals surface area contributed by atoms with Gasteiger partial charge in [-0.1, -0.05) is 55.2 Å². The summed E-state index contributed by atoms with van der Waals surface area (Å²) in [5.41, 5.74) is 2.91. The van der Waals surface area contributed by atoms with Crippen molar-refractivity contribution in [3.05, 3.63) is 96.1 Å². The zero-order chi connectivity index (χ0) is 28.0. The molecule has 3 N–H and O–H groups in total. The standard InChI is InChI=1S/C16H25N3O2.C14H10.C3H9N/c1-21-15-8-6-14(7-9-15)18-16(20)19-12-4-2-10-17-11-3-5-13-19;1-3-7-13(8-4-1)11-12-14-9-5-2-6-10-14;1-3-4-2/h6-9,17H,2-5,10-13H2,1H3,(H,18,20);1-10H;4H,3H2,1-2H3. The lowest BCUT2D eigenvalue weighted by atomic mass is 10.2. The Bertz CT molecular complexity index is 1040. The topological polar surface area (TPSA) is 65.6 Å². The molecule has 1 fully saturated rings. The highest BCUT2D eigenvalue weighted by Gasteiger charge is 2.13. The van der Waals surface area contributed by atoms with E-state index < -0.39 is 0 Å². The molecular formula is C33H44N4O2. The molecule has 3 aromatic rings. The van der Waals surface area contributed by atoms with Gasteiger partial charge in [-0.2, -0.15) is 0 Å². The Balaban J connectivity index is 0.000000254. The Morgan fingerprint density at radius 1 is 0.821 bits per heavy atom. The third kappa shape index (κ3) is 14.1. The third-order valence-corrected chi connectivity index (χ3v) is 5.94. The molecule has 39 heavy (non-hydrogen) atoms. The maximum absolute atomic E-state index is 12.4. The number of amides is 2. The van der Waals surface area contributed by atoms with Gasteiger partial charge in [0.05, 0.1) is 7.11 Å². The molecule has 0 spiro atoms. The molecular weight excluding hydrogens is 484 g/mol. The predicted molar refractivity (Wildman–Crippen MR) is 163 cm³/mol. The van der Waals surface area contributed by atoms with Crippen molar-refractivity contribution in [1.82, 2.24) is 15.5 Å². The number of methoxy groups -OCH3 is 1. The van der Waals surface area contributed by atoms with Crippen LogP contribution in [0.3, 0.4) is 0 Å². The van der Waals surface area contributed by atoms with Gasteiger partial charge in [0.2, 0.25) is 0 Å². The molecule has 208 valence electrons. The molecule has 4 rings (SSSR count). The van der Waals surface area contributed by atoms with E-state index in [1.807, 2.05) is 96.9 Å². The maximum Gasteiger partial charge on any atom is 0.321 e. The molecule has 0 aromatic heterocycles. The highest BCUT2D eigenvalue weighted by molar-refractivity contribution is 5.89. The maximum atomic E-state index is 12.4. The number of urea groups is 1. The van der Waals surface area contributed by atoms with Crippen LogP contribution in [-0.4, -0.2) is 57.8 Å². The zero-order valence-electron chi connectivity index (χ0n) is 23.7. The molecule has 6 heteroatoms. The molecule has 0 saturated carbocycles. The van der Waals surface area contributed by atoms with Crippen molar-refractivity contribution in [3.8, 4) is 17.6 Å². The van der Waals surface area contributed by atoms with Crippen molar-refractivity contribution in [2.24, 2.45) is 0 Å². The van der Waals surface area contributed by atoms with E-state index in [1.54, 1.807) is 7.11 Å². The molecule has 0 radical (unpaired) electrons. The molecule has 1 aliphatic heterocycles. The zero-order valence-corrected chi connectivity index (χ0v) is 23.7. The van der Waals surface area contributed by atoms with E-state index >= 15 is 0 Å². The van der Waals surface area contributed by atoms with Gasteiger partial charge in [0.15, 0.2) is 0 Å². The van der Waals surface area contributed by atoms with Gasteiger partial charge in [-0.25, -0.2) is 4.79 Å². The molecule has 1 heterocycles. The van der Waals surface area contributed by atoms with Gasteiger partial charge in [0.25, 0.3) is 0 Å². The fourth-order valence-electron chi connectivity index (χ4n) is 3.61. The summed E-state index contributed by atoms with van der Waals surface area (Å²) in [6, 6.07) is 27.4. The lowest BCUT2D eigenvalue weighted by Crippen LogP contribution is -2.37. The Labute approximate surface area is 235 Å². The van der Waals surface area contributed by atoms with Crippen LogP contribution in [0.2, 0.25) is 0 Å². The number of benzene rings is 3. The van der Waals surface area contributed by atoms with Crippen LogP contribution in [0.4, 0.5) is 10.5 Å². The van der Waals surface area contributed by atoms with E-state index in [0.29, 0.717) is 0 Å². The number of hydrogen-bond acceptors (Lipinski definition) is 4. The summed E-state index contributed by atoms with van der Waals surface area (Å²) in [6.07, 6.45) is 4.32. The second-order valence-electron chi connectivity index (χ2n) is 9.00. The molecule has 6 nitrogen and oxygen atoms in total. The lowest BCUT2D eigenvalue weighted by Gasteiger charge is -2.24. The van der Waals surface area contributed by atoms with Gasteiger partial charge < -0.3 is 25.6 Å². The number of nitrogens with one attached hydrogen (secondary N) is 3. The highest BCUT2D eigenvalue weighted by Crippen LogP contribution is 2.16. The van der Waals surface area contributed by atoms with Crippen LogP contribution in [0.5, 0.6) is 5.75 Å². The van der Waals surface area contributed by atoms with Crippen LogP contribution in [0.1, 0.15) is 43.7 Å². The van der Waals surface area contributed by atoms with Crippen molar-refractivity contribution in [1.29, 1.82) is 0 Å². The second-order valence-corrected chi connectivity index (χ2v) is 9.00. The van der Waals surface area contributed by atoms with Crippen molar-refractivity contribution < 1.29 is 9.53 Å². The van der Waals surface area contributed by atoms with E-state index in [4.69, 9.17) is 4.74 Å². The van der Waals surface area contributed by atoms with Crippen LogP contribution < -0.4 is 20.7 Å². The monoisotopic (exact) mass is 528 g/mol. The van der Waals surface area contributed by atoms with Gasteiger partial charge in [-0.15, -0.1) is 0 Å². The van der Waals surface area contributed by atoms with Crippen molar-refractivity contribution in [3.63, 3.8) is 0 Å². The van der Waals surface area contributed by atoms with E-state index in [-0.39, 0.29) is 6.03 Å². The molecule has 0 aliphatic carbocycles. The molecule has 1 saturated heterocycles. The van der Waals surface area contributed by atoms with E-state index in [9.17, 15) is 4.79 Å². The largest absolute Gasteiger partial charge is 0.497 e. The van der Waals surface area contributed by atoms with Crippen molar-refractivity contribution in [2.45, 2.75) is 32.6 Å². The highest BCUT2D eigenvalue weighted by atomic mass is 16.5. The van der Waals surface area contributed by atoms with Crippen molar-refractivity contribution >= 4 is 11.7 Å². The van der Waals surface area contributed by atoms with Crippen LogP contribution >= 0.6 is 0 Å². The summed E-state index contributed by atoms with van der Waals surface area (Å²) in [5.74, 6) is 7.01. The predicted octanol–water partition coefficient (Wildman–Crippen LogP) is 6.00. The summed E-state index contributed by atoms with van der Waals surface area (Å²) in [5, 5.41) is 9.31. The second kappa shape index (κ2) is 20.2. The Hall–Kier alpha value is -3.79. The van der Waals surface area contributed by atoms with E-state index in [1.165, 1.54) is 0 Å². The van der Waals surface area contributed by atoms with E-state index in [0.717, 1.165) is 81.0 Å².